The SMILES string of the molecule is CCN1CCN(c2ccc(N)cc2Cl)CC1C. The normalized spacial score (nSPS) is 21.8. The van der Waals surface area contributed by atoms with Crippen molar-refractivity contribution in [2.45, 2.75) is 19.9 Å². The van der Waals surface area contributed by atoms with Crippen molar-refractivity contribution in [2.24, 2.45) is 0 Å². The molecule has 2 rings (SSSR count). The number of halogens is 1. The second kappa shape index (κ2) is 5.15. The maximum atomic E-state index is 6.25. The Kier molecular flexibility index (Phi) is 3.79. The smallest absolute Gasteiger partial charge is 0.0660 e. The fourth-order valence-corrected chi connectivity index (χ4v) is 2.77. The first-order valence-corrected chi connectivity index (χ1v) is 6.53. The van der Waals surface area contributed by atoms with Gasteiger partial charge in [0.2, 0.25) is 0 Å². The molecule has 0 aromatic heterocycles. The van der Waals surface area contributed by atoms with Crippen LogP contribution >= 0.6 is 11.6 Å². The van der Waals surface area contributed by atoms with Crippen LogP contribution in [0, 0.1) is 0 Å². The van der Waals surface area contributed by atoms with Gasteiger partial charge in [0.15, 0.2) is 0 Å². The van der Waals surface area contributed by atoms with E-state index in [1.165, 1.54) is 0 Å². The molecule has 1 aliphatic rings. The molecule has 1 heterocycles. The van der Waals surface area contributed by atoms with Crippen LogP contribution < -0.4 is 10.6 Å². The first kappa shape index (κ1) is 12.5. The van der Waals surface area contributed by atoms with Crippen LogP contribution in [-0.2, 0) is 0 Å². The minimum atomic E-state index is 0.572. The van der Waals surface area contributed by atoms with Gasteiger partial charge >= 0.3 is 0 Å². The molecule has 1 aromatic carbocycles. The molecule has 0 saturated carbocycles. The van der Waals surface area contributed by atoms with E-state index in [0.29, 0.717) is 6.04 Å². The summed E-state index contributed by atoms with van der Waals surface area (Å²) < 4.78 is 0. The number of likely N-dealkylation sites (N-methyl/N-ethyl adjacent to an activating group) is 1. The summed E-state index contributed by atoms with van der Waals surface area (Å²) in [5.74, 6) is 0. The van der Waals surface area contributed by atoms with E-state index >= 15 is 0 Å². The highest BCUT2D eigenvalue weighted by Crippen LogP contribution is 2.29. The third-order valence-electron chi connectivity index (χ3n) is 3.48. The van der Waals surface area contributed by atoms with Crippen LogP contribution in [0.2, 0.25) is 5.02 Å². The predicted octanol–water partition coefficient (Wildman–Crippen LogP) is 2.45. The minimum absolute atomic E-state index is 0.572. The molecule has 1 saturated heterocycles. The molecule has 1 aromatic rings. The van der Waals surface area contributed by atoms with E-state index in [0.717, 1.165) is 42.6 Å². The van der Waals surface area contributed by atoms with Crippen LogP contribution in [0.1, 0.15) is 13.8 Å². The quantitative estimate of drug-likeness (QED) is 0.822. The van der Waals surface area contributed by atoms with Crippen LogP contribution in [-0.4, -0.2) is 37.1 Å². The zero-order valence-corrected chi connectivity index (χ0v) is 11.2. The third kappa shape index (κ3) is 2.67. The summed E-state index contributed by atoms with van der Waals surface area (Å²) in [5.41, 5.74) is 7.54. The van der Waals surface area contributed by atoms with Gasteiger partial charge in [-0.05, 0) is 31.7 Å². The number of nitrogens with zero attached hydrogens (tertiary/aromatic N) is 2. The molecule has 0 aliphatic carbocycles. The Bertz CT molecular complexity index is 394. The standard InChI is InChI=1S/C13H20ClN3/c1-3-16-6-7-17(9-10(16)2)13-5-4-11(15)8-12(13)14/h4-5,8,10H,3,6-7,9,15H2,1-2H3. The van der Waals surface area contributed by atoms with Gasteiger partial charge < -0.3 is 10.6 Å². The molecule has 94 valence electrons. The molecular weight excluding hydrogens is 234 g/mol. The van der Waals surface area contributed by atoms with E-state index in [-0.39, 0.29) is 0 Å². The number of hydrogen-bond donors (Lipinski definition) is 1. The van der Waals surface area contributed by atoms with Crippen molar-refractivity contribution in [1.82, 2.24) is 4.90 Å². The van der Waals surface area contributed by atoms with Crippen molar-refractivity contribution in [3.05, 3.63) is 23.2 Å². The van der Waals surface area contributed by atoms with Crippen molar-refractivity contribution in [2.75, 3.05) is 36.8 Å². The first-order valence-electron chi connectivity index (χ1n) is 6.16. The summed E-state index contributed by atoms with van der Waals surface area (Å²) in [6.07, 6.45) is 0. The fraction of sp³-hybridized carbons (Fsp3) is 0.538. The number of nitrogen functional groups attached to an aromatic ring is 1. The molecule has 17 heavy (non-hydrogen) atoms. The van der Waals surface area contributed by atoms with Crippen molar-refractivity contribution < 1.29 is 0 Å². The second-order valence-corrected chi connectivity index (χ2v) is 5.04. The van der Waals surface area contributed by atoms with Crippen molar-refractivity contribution in [3.63, 3.8) is 0 Å². The number of hydrogen-bond acceptors (Lipinski definition) is 3. The van der Waals surface area contributed by atoms with Crippen LogP contribution in [0.3, 0.4) is 0 Å². The maximum Gasteiger partial charge on any atom is 0.0660 e. The Morgan fingerprint density at radius 1 is 1.41 bits per heavy atom. The molecule has 0 amide bonds. The molecule has 1 fully saturated rings. The van der Waals surface area contributed by atoms with Crippen LogP contribution in [0.5, 0.6) is 0 Å². The average molecular weight is 254 g/mol. The lowest BCUT2D eigenvalue weighted by Crippen LogP contribution is -2.51. The van der Waals surface area contributed by atoms with E-state index in [1.807, 2.05) is 18.2 Å². The molecule has 0 spiro atoms. The summed E-state index contributed by atoms with van der Waals surface area (Å²) in [4.78, 5) is 4.83. The van der Waals surface area contributed by atoms with Gasteiger partial charge in [-0.15, -0.1) is 0 Å². The molecule has 3 nitrogen and oxygen atoms in total. The van der Waals surface area contributed by atoms with E-state index in [1.54, 1.807) is 0 Å². The van der Waals surface area contributed by atoms with Gasteiger partial charge in [-0.25, -0.2) is 0 Å². The van der Waals surface area contributed by atoms with Gasteiger partial charge in [0.1, 0.15) is 0 Å². The highest BCUT2D eigenvalue weighted by atomic mass is 35.5. The predicted molar refractivity (Wildman–Crippen MR) is 74.8 cm³/mol. The Labute approximate surface area is 108 Å². The van der Waals surface area contributed by atoms with Crippen LogP contribution in [0.4, 0.5) is 11.4 Å². The topological polar surface area (TPSA) is 32.5 Å². The van der Waals surface area contributed by atoms with Gasteiger partial charge in [0, 0.05) is 31.4 Å². The Morgan fingerprint density at radius 3 is 2.76 bits per heavy atom. The maximum absolute atomic E-state index is 6.25. The summed E-state index contributed by atoms with van der Waals surface area (Å²) in [5, 5.41) is 0.752. The second-order valence-electron chi connectivity index (χ2n) is 4.63. The number of piperazine rings is 1. The van der Waals surface area contributed by atoms with E-state index in [2.05, 4.69) is 23.6 Å². The average Bonchev–Trinajstić information content (AvgIpc) is 2.29. The highest BCUT2D eigenvalue weighted by molar-refractivity contribution is 6.33. The Hall–Kier alpha value is -0.930. The lowest BCUT2D eigenvalue weighted by atomic mass is 10.1. The van der Waals surface area contributed by atoms with Gasteiger partial charge in [-0.2, -0.15) is 0 Å². The molecule has 0 bridgehead atoms. The van der Waals surface area contributed by atoms with Gasteiger partial charge in [0.05, 0.1) is 10.7 Å². The minimum Gasteiger partial charge on any atom is -0.399 e. The first-order chi connectivity index (χ1) is 8.11. The summed E-state index contributed by atoms with van der Waals surface area (Å²) in [7, 11) is 0. The summed E-state index contributed by atoms with van der Waals surface area (Å²) >= 11 is 6.25. The van der Waals surface area contributed by atoms with E-state index in [9.17, 15) is 0 Å². The molecule has 0 radical (unpaired) electrons. The lowest BCUT2D eigenvalue weighted by Gasteiger charge is -2.40. The number of rotatable bonds is 2. The van der Waals surface area contributed by atoms with Gasteiger partial charge in [-0.1, -0.05) is 18.5 Å². The molecular formula is C13H20ClN3. The van der Waals surface area contributed by atoms with Crippen molar-refractivity contribution in [1.29, 1.82) is 0 Å². The molecule has 2 N–H and O–H groups in total. The number of benzene rings is 1. The highest BCUT2D eigenvalue weighted by Gasteiger charge is 2.23. The lowest BCUT2D eigenvalue weighted by molar-refractivity contribution is 0.199. The van der Waals surface area contributed by atoms with E-state index < -0.39 is 0 Å². The monoisotopic (exact) mass is 253 g/mol. The van der Waals surface area contributed by atoms with Crippen LogP contribution in [0.15, 0.2) is 18.2 Å². The largest absolute Gasteiger partial charge is 0.399 e. The zero-order valence-electron chi connectivity index (χ0n) is 10.5. The van der Waals surface area contributed by atoms with Crippen molar-refractivity contribution >= 4 is 23.0 Å². The number of anilines is 2. The molecule has 1 unspecified atom stereocenters. The van der Waals surface area contributed by atoms with Gasteiger partial charge in [-0.3, -0.25) is 4.90 Å². The van der Waals surface area contributed by atoms with Gasteiger partial charge in [0.25, 0.3) is 0 Å². The Morgan fingerprint density at radius 2 is 2.18 bits per heavy atom. The molecule has 1 aliphatic heterocycles. The van der Waals surface area contributed by atoms with E-state index in [4.69, 9.17) is 17.3 Å². The zero-order chi connectivity index (χ0) is 12.4. The Balaban J connectivity index is 2.14. The molecule has 1 atom stereocenters. The number of nitrogens with two attached hydrogens (primary N) is 1. The fourth-order valence-electron chi connectivity index (χ4n) is 2.46. The van der Waals surface area contributed by atoms with Crippen LogP contribution in [0.25, 0.3) is 0 Å². The summed E-state index contributed by atoms with van der Waals surface area (Å²) in [6.45, 7) is 8.74. The molecule has 4 heteroatoms. The summed E-state index contributed by atoms with van der Waals surface area (Å²) in [6, 6.07) is 6.33. The van der Waals surface area contributed by atoms with Crippen molar-refractivity contribution in [3.8, 4) is 0 Å². The third-order valence-corrected chi connectivity index (χ3v) is 3.79.